The van der Waals surface area contributed by atoms with Crippen molar-refractivity contribution in [1.29, 1.82) is 0 Å². The molecule has 0 saturated heterocycles. The molecule has 0 aliphatic heterocycles. The Morgan fingerprint density at radius 2 is 1.87 bits per heavy atom. The summed E-state index contributed by atoms with van der Waals surface area (Å²) in [5.41, 5.74) is 2.43. The van der Waals surface area contributed by atoms with Gasteiger partial charge in [0.25, 0.3) is 0 Å². The van der Waals surface area contributed by atoms with Gasteiger partial charge in [-0.15, -0.1) is 0 Å². The summed E-state index contributed by atoms with van der Waals surface area (Å²) in [7, 11) is -3.54. The van der Waals surface area contributed by atoms with E-state index >= 15 is 0 Å². The number of benzene rings is 1. The Hall–Kier alpha value is -1.96. The summed E-state index contributed by atoms with van der Waals surface area (Å²) < 4.78 is 32.8. The molecule has 1 N–H and O–H groups in total. The molecule has 0 spiro atoms. The lowest BCUT2D eigenvalue weighted by molar-refractivity contribution is 0.568. The van der Waals surface area contributed by atoms with Crippen LogP contribution in [0, 0.1) is 0 Å². The maximum atomic E-state index is 12.2. The van der Waals surface area contributed by atoms with Crippen molar-refractivity contribution in [2.45, 2.75) is 11.4 Å². The summed E-state index contributed by atoms with van der Waals surface area (Å²) in [5, 5.41) is 0. The Morgan fingerprint density at radius 1 is 1.09 bits per heavy atom. The van der Waals surface area contributed by atoms with Gasteiger partial charge in [-0.25, -0.2) is 13.1 Å². The Morgan fingerprint density at radius 3 is 2.48 bits per heavy atom. The first-order chi connectivity index (χ1) is 11.0. The third-order valence-electron chi connectivity index (χ3n) is 3.23. The van der Waals surface area contributed by atoms with Gasteiger partial charge in [0.2, 0.25) is 10.0 Å². The molecule has 118 valence electrons. The van der Waals surface area contributed by atoms with Crippen LogP contribution in [0.5, 0.6) is 0 Å². The number of sulfonamides is 1. The van der Waals surface area contributed by atoms with Gasteiger partial charge in [0.1, 0.15) is 0 Å². The van der Waals surface area contributed by atoms with Gasteiger partial charge < -0.3 is 4.42 Å². The molecule has 7 heteroatoms. The van der Waals surface area contributed by atoms with Crippen molar-refractivity contribution in [3.63, 3.8) is 0 Å². The maximum absolute atomic E-state index is 12.2. The molecule has 0 fully saturated rings. The third kappa shape index (κ3) is 3.87. The molecule has 0 aliphatic rings. The molecule has 0 aliphatic carbocycles. The van der Waals surface area contributed by atoms with Gasteiger partial charge in [0, 0.05) is 22.8 Å². The zero-order chi connectivity index (χ0) is 16.3. The molecule has 0 amide bonds. The number of furan rings is 1. The molecule has 0 unspecified atom stereocenters. The number of nitrogens with zero attached hydrogens (tertiary/aromatic N) is 1. The van der Waals surface area contributed by atoms with Crippen LogP contribution in [-0.4, -0.2) is 13.4 Å². The minimum Gasteiger partial charge on any atom is -0.472 e. The fraction of sp³-hybridized carbons (Fsp3) is 0.0625. The van der Waals surface area contributed by atoms with E-state index in [1.807, 2.05) is 18.2 Å². The number of pyridine rings is 1. The summed E-state index contributed by atoms with van der Waals surface area (Å²) in [6, 6.07) is 12.0. The van der Waals surface area contributed by atoms with E-state index in [1.54, 1.807) is 43.0 Å². The molecule has 0 atom stereocenters. The summed E-state index contributed by atoms with van der Waals surface area (Å²) in [5.74, 6) is 0. The van der Waals surface area contributed by atoms with Gasteiger partial charge in [-0.2, -0.15) is 0 Å². The van der Waals surface area contributed by atoms with Gasteiger partial charge >= 0.3 is 0 Å². The summed E-state index contributed by atoms with van der Waals surface area (Å²) in [4.78, 5) is 4.53. The van der Waals surface area contributed by atoms with Crippen LogP contribution in [0.3, 0.4) is 0 Å². The van der Waals surface area contributed by atoms with Crippen molar-refractivity contribution >= 4 is 26.0 Å². The molecule has 2 aromatic heterocycles. The number of aromatic nitrogens is 1. The van der Waals surface area contributed by atoms with E-state index in [1.165, 1.54) is 0 Å². The second kappa shape index (κ2) is 6.66. The highest BCUT2D eigenvalue weighted by atomic mass is 79.9. The molecule has 2 heterocycles. The molecule has 3 aromatic rings. The van der Waals surface area contributed by atoms with Crippen molar-refractivity contribution in [3.8, 4) is 11.3 Å². The second-order valence-electron chi connectivity index (χ2n) is 4.84. The molecule has 23 heavy (non-hydrogen) atoms. The topological polar surface area (TPSA) is 72.2 Å². The normalized spacial score (nSPS) is 11.5. The zero-order valence-corrected chi connectivity index (χ0v) is 14.3. The van der Waals surface area contributed by atoms with Crippen molar-refractivity contribution in [3.05, 3.63) is 71.2 Å². The minimum atomic E-state index is -3.54. The summed E-state index contributed by atoms with van der Waals surface area (Å²) >= 11 is 3.28. The minimum absolute atomic E-state index is 0.178. The molecule has 0 radical (unpaired) electrons. The maximum Gasteiger partial charge on any atom is 0.240 e. The number of hydrogen-bond acceptors (Lipinski definition) is 4. The van der Waals surface area contributed by atoms with Crippen molar-refractivity contribution in [2.24, 2.45) is 0 Å². The van der Waals surface area contributed by atoms with E-state index < -0.39 is 10.0 Å². The highest BCUT2D eigenvalue weighted by Gasteiger charge is 2.13. The van der Waals surface area contributed by atoms with Crippen LogP contribution >= 0.6 is 15.9 Å². The highest BCUT2D eigenvalue weighted by Crippen LogP contribution is 2.18. The number of nitrogens with one attached hydrogen (secondary N) is 1. The van der Waals surface area contributed by atoms with Gasteiger partial charge in [0.15, 0.2) is 0 Å². The van der Waals surface area contributed by atoms with Gasteiger partial charge in [-0.3, -0.25) is 4.98 Å². The number of halogens is 1. The third-order valence-corrected chi connectivity index (χ3v) is 5.18. The average molecular weight is 393 g/mol. The van der Waals surface area contributed by atoms with Gasteiger partial charge in [0.05, 0.1) is 23.1 Å². The second-order valence-corrected chi connectivity index (χ2v) is 7.52. The predicted octanol–water partition coefficient (Wildman–Crippen LogP) is 3.58. The Labute approximate surface area is 142 Å². The first-order valence-corrected chi connectivity index (χ1v) is 9.05. The highest BCUT2D eigenvalue weighted by molar-refractivity contribution is 9.10. The van der Waals surface area contributed by atoms with E-state index in [9.17, 15) is 8.42 Å². The largest absolute Gasteiger partial charge is 0.472 e. The molecule has 0 bridgehead atoms. The van der Waals surface area contributed by atoms with E-state index in [4.69, 9.17) is 4.42 Å². The molecular weight excluding hydrogens is 380 g/mol. The van der Waals surface area contributed by atoms with E-state index in [0.29, 0.717) is 0 Å². The Kier molecular flexibility index (Phi) is 4.61. The smallest absolute Gasteiger partial charge is 0.240 e. The first kappa shape index (κ1) is 15.9. The van der Waals surface area contributed by atoms with Crippen molar-refractivity contribution in [1.82, 2.24) is 9.71 Å². The summed E-state index contributed by atoms with van der Waals surface area (Å²) in [6.07, 6.45) is 4.84. The van der Waals surface area contributed by atoms with E-state index in [-0.39, 0.29) is 11.4 Å². The molecule has 1 aromatic carbocycles. The van der Waals surface area contributed by atoms with E-state index in [2.05, 4.69) is 25.6 Å². The fourth-order valence-corrected chi connectivity index (χ4v) is 3.27. The summed E-state index contributed by atoms with van der Waals surface area (Å²) in [6.45, 7) is 0.178. The van der Waals surface area contributed by atoms with Crippen molar-refractivity contribution in [2.75, 3.05) is 0 Å². The van der Waals surface area contributed by atoms with Crippen LogP contribution < -0.4 is 4.72 Å². The molecule has 5 nitrogen and oxygen atoms in total. The lowest BCUT2D eigenvalue weighted by atomic mass is 10.2. The lowest BCUT2D eigenvalue weighted by Gasteiger charge is -2.07. The average Bonchev–Trinajstić information content (AvgIpc) is 3.08. The zero-order valence-electron chi connectivity index (χ0n) is 11.9. The molecule has 0 saturated carbocycles. The molecular formula is C16H13BrN2O3S. The Balaban J connectivity index is 1.69. The van der Waals surface area contributed by atoms with E-state index in [0.717, 1.165) is 21.3 Å². The number of hydrogen-bond donors (Lipinski definition) is 1. The van der Waals surface area contributed by atoms with Crippen LogP contribution in [0.15, 0.2) is 75.0 Å². The van der Waals surface area contributed by atoms with Gasteiger partial charge in [-0.05, 0) is 42.0 Å². The van der Waals surface area contributed by atoms with Crippen LogP contribution in [0.25, 0.3) is 11.3 Å². The quantitative estimate of drug-likeness (QED) is 0.719. The van der Waals surface area contributed by atoms with Crippen LogP contribution in [0.1, 0.15) is 5.56 Å². The predicted molar refractivity (Wildman–Crippen MR) is 90.1 cm³/mol. The number of rotatable bonds is 5. The molecule has 3 rings (SSSR count). The first-order valence-electron chi connectivity index (χ1n) is 6.77. The van der Waals surface area contributed by atoms with Crippen LogP contribution in [-0.2, 0) is 16.6 Å². The van der Waals surface area contributed by atoms with Crippen LogP contribution in [0.2, 0.25) is 0 Å². The lowest BCUT2D eigenvalue weighted by Crippen LogP contribution is -2.23. The van der Waals surface area contributed by atoms with Crippen LogP contribution in [0.4, 0.5) is 0 Å². The van der Waals surface area contributed by atoms with Gasteiger partial charge in [-0.1, -0.05) is 22.0 Å². The Bertz CT molecular complexity index is 874. The van der Waals surface area contributed by atoms with Crippen molar-refractivity contribution < 1.29 is 12.8 Å². The SMILES string of the molecule is O=S(=O)(NCc1ccc(-c2ccoc2)nc1)c1ccc(Br)cc1. The standard InChI is InChI=1S/C16H13BrN2O3S/c17-14-2-4-15(5-3-14)23(20,21)19-10-12-1-6-16(18-9-12)13-7-8-22-11-13/h1-9,11,19H,10H2. The monoisotopic (exact) mass is 392 g/mol. The fourth-order valence-electron chi connectivity index (χ4n) is 1.99.